The first-order valence-electron chi connectivity index (χ1n) is 13.4. The molecule has 3 amide bonds. The average Bonchev–Trinajstić information content (AvgIpc) is 2.99. The van der Waals surface area contributed by atoms with Gasteiger partial charge in [0.25, 0.3) is 11.8 Å². The molecule has 0 fully saturated rings. The van der Waals surface area contributed by atoms with E-state index < -0.39 is 47.2 Å². The summed E-state index contributed by atoms with van der Waals surface area (Å²) in [6, 6.07) is 16.0. The van der Waals surface area contributed by atoms with Crippen LogP contribution in [-0.4, -0.2) is 41.0 Å². The van der Waals surface area contributed by atoms with E-state index in [4.69, 9.17) is 5.73 Å². The minimum Gasteiger partial charge on any atom is -0.383 e. The quantitative estimate of drug-likeness (QED) is 0.155. The van der Waals surface area contributed by atoms with E-state index in [1.54, 1.807) is 37.3 Å². The lowest BCUT2D eigenvalue weighted by atomic mass is 9.80. The lowest BCUT2D eigenvalue weighted by Crippen LogP contribution is -2.57. The number of rotatable bonds is 7. The summed E-state index contributed by atoms with van der Waals surface area (Å²) in [6.07, 6.45) is -4.71. The fourth-order valence-corrected chi connectivity index (χ4v) is 4.81. The highest BCUT2D eigenvalue weighted by molar-refractivity contribution is 6.11. The van der Waals surface area contributed by atoms with Gasteiger partial charge in [0, 0.05) is 29.3 Å². The predicted octanol–water partition coefficient (Wildman–Crippen LogP) is 4.82. The summed E-state index contributed by atoms with van der Waals surface area (Å²) in [4.78, 5) is 45.1. The Morgan fingerprint density at radius 2 is 1.70 bits per heavy atom. The second-order valence-electron chi connectivity index (χ2n) is 9.57. The maximum Gasteiger partial charge on any atom is 0.416 e. The molecular weight excluding hydrogens is 578 g/mol. The number of likely N-dealkylation sites (N-methyl/N-ethyl adjacent to an activating group) is 1. The number of carbonyl (C=O) groups excluding carboxylic acids is 3. The molecule has 1 heterocycles. The van der Waals surface area contributed by atoms with Crippen molar-refractivity contribution in [2.24, 2.45) is 10.7 Å². The molecule has 4 N–H and O–H groups in total. The summed E-state index contributed by atoms with van der Waals surface area (Å²) in [5.74, 6) is 0.260. The van der Waals surface area contributed by atoms with Gasteiger partial charge in [-0.3, -0.25) is 19.3 Å². The van der Waals surface area contributed by atoms with Gasteiger partial charge in [0.15, 0.2) is 0 Å². The van der Waals surface area contributed by atoms with Crippen molar-refractivity contribution in [2.75, 3.05) is 11.9 Å². The fraction of sp³-hybridized carbons (Fsp3) is 0.188. The SMILES string of the molecule is CC#CC(=O)N=C(N)C1=C(Nc2ccccc2)N(CC)C(=O)C(NC(=O)c2cccc(C(F)(F)F)c2)C1c1ccc(F)cc1. The maximum absolute atomic E-state index is 14.1. The van der Waals surface area contributed by atoms with Crippen molar-refractivity contribution in [1.29, 1.82) is 0 Å². The number of nitrogens with zero attached hydrogens (tertiary/aromatic N) is 2. The van der Waals surface area contributed by atoms with E-state index in [1.165, 1.54) is 30.0 Å². The molecule has 0 aliphatic carbocycles. The van der Waals surface area contributed by atoms with Crippen LogP contribution in [-0.2, 0) is 15.8 Å². The number of nitrogens with two attached hydrogens (primary N) is 1. The van der Waals surface area contributed by atoms with Gasteiger partial charge in [0.1, 0.15) is 23.5 Å². The molecule has 0 radical (unpaired) electrons. The van der Waals surface area contributed by atoms with Gasteiger partial charge in [0.2, 0.25) is 0 Å². The molecule has 4 rings (SSSR count). The molecule has 3 aromatic carbocycles. The third kappa shape index (κ3) is 6.95. The number of hydrogen-bond donors (Lipinski definition) is 3. The zero-order chi connectivity index (χ0) is 32.0. The number of anilines is 1. The van der Waals surface area contributed by atoms with Gasteiger partial charge < -0.3 is 16.4 Å². The van der Waals surface area contributed by atoms with Crippen molar-refractivity contribution in [3.63, 3.8) is 0 Å². The van der Waals surface area contributed by atoms with E-state index in [2.05, 4.69) is 27.5 Å². The largest absolute Gasteiger partial charge is 0.416 e. The van der Waals surface area contributed by atoms with Gasteiger partial charge in [-0.05, 0) is 67.8 Å². The molecule has 0 saturated heterocycles. The van der Waals surface area contributed by atoms with Crippen LogP contribution >= 0.6 is 0 Å². The fourth-order valence-electron chi connectivity index (χ4n) is 4.81. The van der Waals surface area contributed by atoms with Gasteiger partial charge in [-0.25, -0.2) is 4.39 Å². The third-order valence-electron chi connectivity index (χ3n) is 6.75. The number of carbonyl (C=O) groups is 3. The molecule has 1 aliphatic heterocycles. The van der Waals surface area contributed by atoms with Gasteiger partial charge in [0.05, 0.1) is 5.56 Å². The number of amides is 3. The third-order valence-corrected chi connectivity index (χ3v) is 6.75. The van der Waals surface area contributed by atoms with Crippen LogP contribution in [0, 0.1) is 17.7 Å². The number of halogens is 4. The molecule has 226 valence electrons. The highest BCUT2D eigenvalue weighted by atomic mass is 19.4. The molecule has 8 nitrogen and oxygen atoms in total. The summed E-state index contributed by atoms with van der Waals surface area (Å²) in [5, 5.41) is 5.72. The summed E-state index contributed by atoms with van der Waals surface area (Å²) in [5.41, 5.74) is 5.98. The summed E-state index contributed by atoms with van der Waals surface area (Å²) >= 11 is 0. The summed E-state index contributed by atoms with van der Waals surface area (Å²) < 4.78 is 54.2. The molecule has 2 unspecified atom stereocenters. The molecule has 0 saturated carbocycles. The van der Waals surface area contributed by atoms with E-state index in [0.29, 0.717) is 17.3 Å². The number of para-hydroxylation sites is 1. The van der Waals surface area contributed by atoms with Gasteiger partial charge in [-0.1, -0.05) is 42.3 Å². The average molecular weight is 606 g/mol. The van der Waals surface area contributed by atoms with Crippen LogP contribution in [0.1, 0.15) is 41.3 Å². The molecule has 12 heteroatoms. The first-order valence-corrected chi connectivity index (χ1v) is 13.4. The van der Waals surface area contributed by atoms with Gasteiger partial charge >= 0.3 is 12.1 Å². The first kappa shape index (κ1) is 31.5. The molecule has 2 atom stereocenters. The second kappa shape index (κ2) is 13.2. The Labute approximate surface area is 250 Å². The van der Waals surface area contributed by atoms with Crippen molar-refractivity contribution in [3.05, 3.63) is 113 Å². The number of amidine groups is 1. The van der Waals surface area contributed by atoms with Crippen molar-refractivity contribution in [1.82, 2.24) is 10.2 Å². The lowest BCUT2D eigenvalue weighted by molar-refractivity contribution is -0.137. The number of aliphatic imine (C=N–C) groups is 1. The van der Waals surface area contributed by atoms with E-state index in [9.17, 15) is 31.9 Å². The van der Waals surface area contributed by atoms with E-state index in [0.717, 1.165) is 24.3 Å². The predicted molar refractivity (Wildman–Crippen MR) is 156 cm³/mol. The number of hydrogen-bond acceptors (Lipinski definition) is 4. The minimum absolute atomic E-state index is 0.0551. The van der Waals surface area contributed by atoms with Crippen LogP contribution in [0.3, 0.4) is 0 Å². The monoisotopic (exact) mass is 605 g/mol. The van der Waals surface area contributed by atoms with E-state index in [-0.39, 0.29) is 29.3 Å². The minimum atomic E-state index is -4.71. The second-order valence-corrected chi connectivity index (χ2v) is 9.57. The number of alkyl halides is 3. The van der Waals surface area contributed by atoms with Crippen LogP contribution in [0.25, 0.3) is 0 Å². The number of benzene rings is 3. The van der Waals surface area contributed by atoms with Crippen LogP contribution in [0.15, 0.2) is 95.2 Å². The van der Waals surface area contributed by atoms with Crippen LogP contribution in [0.5, 0.6) is 0 Å². The molecule has 44 heavy (non-hydrogen) atoms. The van der Waals surface area contributed by atoms with Crippen molar-refractivity contribution in [3.8, 4) is 11.8 Å². The Bertz CT molecular complexity index is 1690. The summed E-state index contributed by atoms with van der Waals surface area (Å²) in [7, 11) is 0. The van der Waals surface area contributed by atoms with Crippen molar-refractivity contribution in [2.45, 2.75) is 32.0 Å². The smallest absolute Gasteiger partial charge is 0.383 e. The zero-order valence-electron chi connectivity index (χ0n) is 23.6. The van der Waals surface area contributed by atoms with Crippen LogP contribution < -0.4 is 16.4 Å². The Kier molecular flexibility index (Phi) is 9.48. The maximum atomic E-state index is 14.1. The molecule has 0 bridgehead atoms. The van der Waals surface area contributed by atoms with E-state index >= 15 is 0 Å². The van der Waals surface area contributed by atoms with Crippen molar-refractivity contribution < 1.29 is 31.9 Å². The molecule has 0 aromatic heterocycles. The molecule has 1 aliphatic rings. The molecular formula is C32H27F4N5O3. The Morgan fingerprint density at radius 3 is 2.32 bits per heavy atom. The molecule has 3 aromatic rings. The topological polar surface area (TPSA) is 117 Å². The highest BCUT2D eigenvalue weighted by Crippen LogP contribution is 2.38. The lowest BCUT2D eigenvalue weighted by Gasteiger charge is -2.41. The normalized spacial score (nSPS) is 17.1. The zero-order valence-corrected chi connectivity index (χ0v) is 23.6. The van der Waals surface area contributed by atoms with Crippen molar-refractivity contribution >= 4 is 29.2 Å². The Balaban J connectivity index is 1.94. The Hall–Kier alpha value is -5.44. The summed E-state index contributed by atoms with van der Waals surface area (Å²) in [6.45, 7) is 3.15. The highest BCUT2D eigenvalue weighted by Gasteiger charge is 2.45. The van der Waals surface area contributed by atoms with Gasteiger partial charge in [-0.2, -0.15) is 18.2 Å². The van der Waals surface area contributed by atoms with Crippen LogP contribution in [0.2, 0.25) is 0 Å². The van der Waals surface area contributed by atoms with E-state index in [1.807, 2.05) is 0 Å². The van der Waals surface area contributed by atoms with Crippen LogP contribution in [0.4, 0.5) is 23.2 Å². The Morgan fingerprint density at radius 1 is 1.02 bits per heavy atom. The van der Waals surface area contributed by atoms with Gasteiger partial charge in [-0.15, -0.1) is 0 Å². The first-order chi connectivity index (χ1) is 20.9. The number of nitrogens with one attached hydrogen (secondary N) is 2. The standard InChI is InChI=1S/C32H27F4N5O3/c1-3-9-24(42)39-28(37)26-25(19-14-16-22(33)17-15-19)27(40-30(43)20-10-8-11-21(18-20)32(34,35)36)31(44)41(4-2)29(26)38-23-12-6-5-7-13-23/h5-8,10-18,25,27,38H,4H2,1-2H3,(H,40,43)(H2,37,39,42). The molecule has 0 spiro atoms.